The van der Waals surface area contributed by atoms with Crippen molar-refractivity contribution in [1.29, 1.82) is 0 Å². The number of anilines is 1. The molecule has 0 aromatic heterocycles. The average molecular weight is 300 g/mol. The fraction of sp³-hybridized carbons (Fsp3) is 0.250. The predicted octanol–water partition coefficient (Wildman–Crippen LogP) is 2.95. The standard InChI is InChI=1S/C12H14BrNO3/c1-3-17-7-6-12(15)14-10-5-4-9(13)8-11(10)16-2/h4-8H,3H2,1-2H3,(H,14,15). The zero-order valence-corrected chi connectivity index (χ0v) is 11.3. The minimum absolute atomic E-state index is 0.265. The van der Waals surface area contributed by atoms with Crippen molar-refractivity contribution in [3.8, 4) is 5.75 Å². The molecular formula is C12H14BrNO3. The number of ether oxygens (including phenoxy) is 2. The molecule has 0 bridgehead atoms. The number of amides is 1. The maximum Gasteiger partial charge on any atom is 0.251 e. The van der Waals surface area contributed by atoms with Gasteiger partial charge in [-0.2, -0.15) is 0 Å². The Morgan fingerprint density at radius 3 is 2.94 bits per heavy atom. The Balaban J connectivity index is 2.71. The summed E-state index contributed by atoms with van der Waals surface area (Å²) >= 11 is 3.33. The third-order valence-electron chi connectivity index (χ3n) is 1.90. The quantitative estimate of drug-likeness (QED) is 0.672. The van der Waals surface area contributed by atoms with Gasteiger partial charge in [-0.05, 0) is 25.1 Å². The first-order valence-corrected chi connectivity index (χ1v) is 5.89. The molecule has 0 saturated heterocycles. The van der Waals surface area contributed by atoms with Gasteiger partial charge in [-0.3, -0.25) is 4.79 Å². The fourth-order valence-electron chi connectivity index (χ4n) is 1.15. The second kappa shape index (κ2) is 6.96. The van der Waals surface area contributed by atoms with Crippen LogP contribution in [0.2, 0.25) is 0 Å². The van der Waals surface area contributed by atoms with E-state index >= 15 is 0 Å². The molecule has 5 heteroatoms. The van der Waals surface area contributed by atoms with E-state index in [0.717, 1.165) is 4.47 Å². The van der Waals surface area contributed by atoms with Crippen LogP contribution in [0.5, 0.6) is 5.75 Å². The van der Waals surface area contributed by atoms with Gasteiger partial charge in [0.1, 0.15) is 5.75 Å². The minimum Gasteiger partial charge on any atom is -0.501 e. The molecule has 0 spiro atoms. The lowest BCUT2D eigenvalue weighted by Gasteiger charge is -2.08. The number of halogens is 1. The van der Waals surface area contributed by atoms with Crippen LogP contribution in [0.1, 0.15) is 6.92 Å². The van der Waals surface area contributed by atoms with Crippen LogP contribution in [-0.2, 0) is 9.53 Å². The molecule has 1 amide bonds. The van der Waals surface area contributed by atoms with Crippen LogP contribution in [0.3, 0.4) is 0 Å². The Morgan fingerprint density at radius 1 is 1.53 bits per heavy atom. The van der Waals surface area contributed by atoms with Gasteiger partial charge in [-0.15, -0.1) is 0 Å². The van der Waals surface area contributed by atoms with Gasteiger partial charge in [0.2, 0.25) is 0 Å². The summed E-state index contributed by atoms with van der Waals surface area (Å²) in [6.45, 7) is 2.38. The Hall–Kier alpha value is -1.49. The largest absolute Gasteiger partial charge is 0.501 e. The molecule has 0 heterocycles. The average Bonchev–Trinajstić information content (AvgIpc) is 2.32. The number of methoxy groups -OCH3 is 1. The first-order valence-electron chi connectivity index (χ1n) is 5.10. The van der Waals surface area contributed by atoms with Gasteiger partial charge < -0.3 is 14.8 Å². The zero-order valence-electron chi connectivity index (χ0n) is 9.70. The number of hydrogen-bond acceptors (Lipinski definition) is 3. The Bertz CT molecular complexity index is 418. The van der Waals surface area contributed by atoms with Gasteiger partial charge in [-0.25, -0.2) is 0 Å². The Labute approximate surface area is 109 Å². The maximum atomic E-state index is 11.5. The van der Waals surface area contributed by atoms with E-state index in [4.69, 9.17) is 9.47 Å². The van der Waals surface area contributed by atoms with E-state index in [1.54, 1.807) is 19.2 Å². The smallest absolute Gasteiger partial charge is 0.251 e. The van der Waals surface area contributed by atoms with Crippen molar-refractivity contribution in [3.05, 3.63) is 35.0 Å². The summed E-state index contributed by atoms with van der Waals surface area (Å²) in [7, 11) is 1.55. The number of nitrogens with one attached hydrogen (secondary N) is 1. The normalized spacial score (nSPS) is 10.3. The molecule has 1 aromatic rings. The predicted molar refractivity (Wildman–Crippen MR) is 70.1 cm³/mol. The summed E-state index contributed by atoms with van der Waals surface area (Å²) in [4.78, 5) is 11.5. The topological polar surface area (TPSA) is 47.6 Å². The highest BCUT2D eigenvalue weighted by molar-refractivity contribution is 9.10. The van der Waals surface area contributed by atoms with Gasteiger partial charge in [0, 0.05) is 10.5 Å². The highest BCUT2D eigenvalue weighted by Gasteiger charge is 2.05. The summed E-state index contributed by atoms with van der Waals surface area (Å²) in [6.07, 6.45) is 2.69. The monoisotopic (exact) mass is 299 g/mol. The van der Waals surface area contributed by atoms with Gasteiger partial charge >= 0.3 is 0 Å². The lowest BCUT2D eigenvalue weighted by Crippen LogP contribution is -2.09. The second-order valence-electron chi connectivity index (χ2n) is 3.09. The SMILES string of the molecule is CCOC=CC(=O)Nc1ccc(Br)cc1OC. The van der Waals surface area contributed by atoms with Crippen LogP contribution in [-0.4, -0.2) is 19.6 Å². The molecular weight excluding hydrogens is 286 g/mol. The molecule has 4 nitrogen and oxygen atoms in total. The molecule has 0 aliphatic heterocycles. The Morgan fingerprint density at radius 2 is 2.29 bits per heavy atom. The minimum atomic E-state index is -0.265. The molecule has 0 aliphatic carbocycles. The first kappa shape index (κ1) is 13.6. The van der Waals surface area contributed by atoms with Crippen molar-refractivity contribution >= 4 is 27.5 Å². The molecule has 0 atom stereocenters. The summed E-state index contributed by atoms with van der Waals surface area (Å²) in [5.74, 6) is 0.330. The van der Waals surface area contributed by atoms with Crippen LogP contribution in [0.4, 0.5) is 5.69 Å². The summed E-state index contributed by atoms with van der Waals surface area (Å²) in [5.41, 5.74) is 0.613. The second-order valence-corrected chi connectivity index (χ2v) is 4.01. The number of carbonyl (C=O) groups excluding carboxylic acids is 1. The number of hydrogen-bond donors (Lipinski definition) is 1. The van der Waals surface area contributed by atoms with E-state index in [1.165, 1.54) is 12.3 Å². The molecule has 0 radical (unpaired) electrons. The highest BCUT2D eigenvalue weighted by atomic mass is 79.9. The molecule has 0 unspecified atom stereocenters. The lowest BCUT2D eigenvalue weighted by atomic mass is 10.3. The van der Waals surface area contributed by atoms with Gasteiger partial charge in [0.05, 0.1) is 25.7 Å². The molecule has 1 rings (SSSR count). The van der Waals surface area contributed by atoms with Crippen LogP contribution < -0.4 is 10.1 Å². The van der Waals surface area contributed by atoms with Crippen molar-refractivity contribution in [2.75, 3.05) is 19.0 Å². The highest BCUT2D eigenvalue weighted by Crippen LogP contribution is 2.27. The first-order chi connectivity index (χ1) is 8.17. The molecule has 1 N–H and O–H groups in total. The summed E-state index contributed by atoms with van der Waals surface area (Å²) < 4.78 is 11.0. The van der Waals surface area contributed by atoms with Crippen molar-refractivity contribution in [2.45, 2.75) is 6.92 Å². The van der Waals surface area contributed by atoms with E-state index in [-0.39, 0.29) is 5.91 Å². The molecule has 0 saturated carbocycles. The van der Waals surface area contributed by atoms with Crippen LogP contribution in [0.25, 0.3) is 0 Å². The molecule has 1 aromatic carbocycles. The lowest BCUT2D eigenvalue weighted by molar-refractivity contribution is -0.112. The van der Waals surface area contributed by atoms with Crippen molar-refractivity contribution < 1.29 is 14.3 Å². The zero-order chi connectivity index (χ0) is 12.7. The van der Waals surface area contributed by atoms with Crippen molar-refractivity contribution in [1.82, 2.24) is 0 Å². The number of carbonyl (C=O) groups is 1. The van der Waals surface area contributed by atoms with Crippen LogP contribution in [0, 0.1) is 0 Å². The van der Waals surface area contributed by atoms with Crippen LogP contribution in [0.15, 0.2) is 35.0 Å². The van der Waals surface area contributed by atoms with Gasteiger partial charge in [-0.1, -0.05) is 15.9 Å². The van der Waals surface area contributed by atoms with E-state index < -0.39 is 0 Å². The molecule has 17 heavy (non-hydrogen) atoms. The summed E-state index contributed by atoms with van der Waals surface area (Å²) in [5, 5.41) is 2.70. The van der Waals surface area contributed by atoms with E-state index in [0.29, 0.717) is 18.0 Å². The van der Waals surface area contributed by atoms with E-state index in [9.17, 15) is 4.79 Å². The van der Waals surface area contributed by atoms with E-state index in [1.807, 2.05) is 13.0 Å². The fourth-order valence-corrected chi connectivity index (χ4v) is 1.49. The number of rotatable bonds is 5. The van der Waals surface area contributed by atoms with Gasteiger partial charge in [0.15, 0.2) is 0 Å². The van der Waals surface area contributed by atoms with Crippen molar-refractivity contribution in [3.63, 3.8) is 0 Å². The third kappa shape index (κ3) is 4.48. The maximum absolute atomic E-state index is 11.5. The number of benzene rings is 1. The van der Waals surface area contributed by atoms with Crippen molar-refractivity contribution in [2.24, 2.45) is 0 Å². The Kier molecular flexibility index (Phi) is 5.56. The van der Waals surface area contributed by atoms with Crippen LogP contribution >= 0.6 is 15.9 Å². The molecule has 0 aliphatic rings. The summed E-state index contributed by atoms with van der Waals surface area (Å²) in [6, 6.07) is 5.36. The van der Waals surface area contributed by atoms with E-state index in [2.05, 4.69) is 21.2 Å². The van der Waals surface area contributed by atoms with Gasteiger partial charge in [0.25, 0.3) is 5.91 Å². The molecule has 92 valence electrons. The third-order valence-corrected chi connectivity index (χ3v) is 2.40. The molecule has 0 fully saturated rings.